The number of rotatable bonds is 5. The van der Waals surface area contributed by atoms with Crippen LogP contribution in [0.3, 0.4) is 0 Å². The molecule has 0 saturated carbocycles. The molecule has 0 atom stereocenters. The Morgan fingerprint density at radius 3 is 2.43 bits per heavy atom. The van der Waals surface area contributed by atoms with E-state index in [1.165, 1.54) is 25.7 Å². The van der Waals surface area contributed by atoms with Crippen molar-refractivity contribution in [2.45, 2.75) is 46.0 Å². The Kier molecular flexibility index (Phi) is 5.80. The topological polar surface area (TPSA) is 29.5 Å². The zero-order valence-electron chi connectivity index (χ0n) is 13.6. The van der Waals surface area contributed by atoms with Crippen molar-refractivity contribution in [2.24, 2.45) is 0 Å². The maximum Gasteiger partial charge on any atom is 0.167 e. The molecule has 21 heavy (non-hydrogen) atoms. The van der Waals surface area contributed by atoms with E-state index in [1.54, 1.807) is 7.11 Å². The van der Waals surface area contributed by atoms with Gasteiger partial charge in [-0.05, 0) is 57.0 Å². The van der Waals surface area contributed by atoms with E-state index in [-0.39, 0.29) is 5.78 Å². The van der Waals surface area contributed by atoms with Crippen LogP contribution in [0.25, 0.3) is 0 Å². The summed E-state index contributed by atoms with van der Waals surface area (Å²) in [5.74, 6) is 0.935. The maximum atomic E-state index is 12.6. The Labute approximate surface area is 128 Å². The van der Waals surface area contributed by atoms with Crippen molar-refractivity contribution < 1.29 is 9.53 Å². The molecular formula is C18H27NO2. The van der Waals surface area contributed by atoms with Gasteiger partial charge in [0.2, 0.25) is 0 Å². The molecule has 1 saturated heterocycles. The van der Waals surface area contributed by atoms with Gasteiger partial charge >= 0.3 is 0 Å². The standard InChI is InChI=1S/C18H27NO2/c1-14-12-15(2)18(21-3)16(13-14)17(20)8-11-19-9-6-4-5-7-10-19/h12-13H,4-11H2,1-3H3. The van der Waals surface area contributed by atoms with Crippen molar-refractivity contribution in [3.8, 4) is 5.75 Å². The largest absolute Gasteiger partial charge is 0.496 e. The first-order valence-corrected chi connectivity index (χ1v) is 8.02. The normalized spacial score (nSPS) is 16.5. The van der Waals surface area contributed by atoms with Crippen LogP contribution >= 0.6 is 0 Å². The molecule has 0 aliphatic carbocycles. The first kappa shape index (κ1) is 16.0. The van der Waals surface area contributed by atoms with Crippen molar-refractivity contribution in [2.75, 3.05) is 26.7 Å². The van der Waals surface area contributed by atoms with E-state index in [1.807, 2.05) is 19.9 Å². The monoisotopic (exact) mass is 289 g/mol. The third-order valence-corrected chi connectivity index (χ3v) is 4.28. The van der Waals surface area contributed by atoms with E-state index in [0.29, 0.717) is 6.42 Å². The lowest BCUT2D eigenvalue weighted by Crippen LogP contribution is -2.27. The highest BCUT2D eigenvalue weighted by Crippen LogP contribution is 2.26. The lowest BCUT2D eigenvalue weighted by atomic mass is 10.0. The SMILES string of the molecule is COc1c(C)cc(C)cc1C(=O)CCN1CCCCCC1. The number of carbonyl (C=O) groups excluding carboxylic acids is 1. The smallest absolute Gasteiger partial charge is 0.167 e. The molecule has 1 heterocycles. The molecule has 0 amide bonds. The molecular weight excluding hydrogens is 262 g/mol. The average Bonchev–Trinajstić information content (AvgIpc) is 2.72. The van der Waals surface area contributed by atoms with E-state index >= 15 is 0 Å². The molecule has 1 aliphatic rings. The van der Waals surface area contributed by atoms with Crippen LogP contribution in [0, 0.1) is 13.8 Å². The van der Waals surface area contributed by atoms with Gasteiger partial charge in [-0.2, -0.15) is 0 Å². The number of benzene rings is 1. The Balaban J connectivity index is 2.02. The summed E-state index contributed by atoms with van der Waals surface area (Å²) in [6.07, 6.45) is 5.77. The molecule has 1 aromatic rings. The van der Waals surface area contributed by atoms with Gasteiger partial charge in [0.15, 0.2) is 5.78 Å². The number of carbonyl (C=O) groups is 1. The summed E-state index contributed by atoms with van der Waals surface area (Å²) < 4.78 is 5.43. The van der Waals surface area contributed by atoms with E-state index < -0.39 is 0 Å². The van der Waals surface area contributed by atoms with Gasteiger partial charge in [0.25, 0.3) is 0 Å². The lowest BCUT2D eigenvalue weighted by Gasteiger charge is -2.19. The van der Waals surface area contributed by atoms with Crippen molar-refractivity contribution in [1.29, 1.82) is 0 Å². The van der Waals surface area contributed by atoms with Gasteiger partial charge in [0, 0.05) is 13.0 Å². The van der Waals surface area contributed by atoms with Gasteiger partial charge in [-0.25, -0.2) is 0 Å². The maximum absolute atomic E-state index is 12.6. The Hall–Kier alpha value is -1.35. The van der Waals surface area contributed by atoms with E-state index in [2.05, 4.69) is 11.0 Å². The number of hydrogen-bond donors (Lipinski definition) is 0. The summed E-state index contributed by atoms with van der Waals surface area (Å²) in [4.78, 5) is 15.0. The second kappa shape index (κ2) is 7.60. The number of ether oxygens (including phenoxy) is 1. The van der Waals surface area contributed by atoms with Crippen LogP contribution in [0.1, 0.15) is 53.6 Å². The first-order chi connectivity index (χ1) is 10.1. The number of nitrogens with zero attached hydrogens (tertiary/aromatic N) is 1. The fourth-order valence-corrected chi connectivity index (χ4v) is 3.19. The lowest BCUT2D eigenvalue weighted by molar-refractivity contribution is 0.0961. The second-order valence-corrected chi connectivity index (χ2v) is 6.09. The second-order valence-electron chi connectivity index (χ2n) is 6.09. The Morgan fingerprint density at radius 1 is 1.14 bits per heavy atom. The van der Waals surface area contributed by atoms with Crippen LogP contribution in [0.5, 0.6) is 5.75 Å². The summed E-state index contributed by atoms with van der Waals surface area (Å²) in [7, 11) is 1.64. The molecule has 0 bridgehead atoms. The molecule has 116 valence electrons. The highest BCUT2D eigenvalue weighted by Gasteiger charge is 2.17. The van der Waals surface area contributed by atoms with Gasteiger partial charge < -0.3 is 9.64 Å². The molecule has 0 unspecified atom stereocenters. The van der Waals surface area contributed by atoms with Crippen LogP contribution in [-0.2, 0) is 0 Å². The van der Waals surface area contributed by atoms with Crippen LogP contribution in [0.2, 0.25) is 0 Å². The van der Waals surface area contributed by atoms with Gasteiger partial charge in [-0.15, -0.1) is 0 Å². The third kappa shape index (κ3) is 4.31. The summed E-state index contributed by atoms with van der Waals surface area (Å²) in [6.45, 7) is 7.17. The van der Waals surface area contributed by atoms with Crippen LogP contribution in [0.15, 0.2) is 12.1 Å². The predicted octanol–water partition coefficient (Wildman–Crippen LogP) is 3.76. The molecule has 1 aliphatic heterocycles. The van der Waals surface area contributed by atoms with Gasteiger partial charge in [0.1, 0.15) is 5.75 Å². The molecule has 3 heteroatoms. The molecule has 2 rings (SSSR count). The fourth-order valence-electron chi connectivity index (χ4n) is 3.19. The number of aryl methyl sites for hydroxylation is 2. The molecule has 3 nitrogen and oxygen atoms in total. The fraction of sp³-hybridized carbons (Fsp3) is 0.611. The van der Waals surface area contributed by atoms with Crippen molar-refractivity contribution in [3.63, 3.8) is 0 Å². The molecule has 0 aromatic heterocycles. The number of Topliss-reactive ketones (excluding diaryl/α,β-unsaturated/α-hetero) is 1. The van der Waals surface area contributed by atoms with Gasteiger partial charge in [-0.1, -0.05) is 18.9 Å². The molecule has 0 spiro atoms. The number of hydrogen-bond acceptors (Lipinski definition) is 3. The van der Waals surface area contributed by atoms with E-state index in [0.717, 1.165) is 42.1 Å². The highest BCUT2D eigenvalue weighted by molar-refractivity contribution is 5.99. The summed E-state index contributed by atoms with van der Waals surface area (Å²) in [5, 5.41) is 0. The minimum Gasteiger partial charge on any atom is -0.496 e. The minimum absolute atomic E-state index is 0.197. The van der Waals surface area contributed by atoms with E-state index in [4.69, 9.17) is 4.74 Å². The Bertz CT molecular complexity index is 488. The van der Waals surface area contributed by atoms with Crippen molar-refractivity contribution in [3.05, 3.63) is 28.8 Å². The zero-order chi connectivity index (χ0) is 15.2. The first-order valence-electron chi connectivity index (χ1n) is 8.02. The summed E-state index contributed by atoms with van der Waals surface area (Å²) in [5.41, 5.74) is 2.90. The predicted molar refractivity (Wildman–Crippen MR) is 86.3 cm³/mol. The van der Waals surface area contributed by atoms with Gasteiger partial charge in [-0.3, -0.25) is 4.79 Å². The third-order valence-electron chi connectivity index (χ3n) is 4.28. The van der Waals surface area contributed by atoms with Crippen LogP contribution in [-0.4, -0.2) is 37.4 Å². The van der Waals surface area contributed by atoms with Crippen molar-refractivity contribution >= 4 is 5.78 Å². The number of likely N-dealkylation sites (tertiary alicyclic amines) is 1. The average molecular weight is 289 g/mol. The quantitative estimate of drug-likeness (QED) is 0.773. The molecule has 0 N–H and O–H groups in total. The highest BCUT2D eigenvalue weighted by atomic mass is 16.5. The number of ketones is 1. The summed E-state index contributed by atoms with van der Waals surface area (Å²) in [6, 6.07) is 4.01. The van der Waals surface area contributed by atoms with Crippen molar-refractivity contribution in [1.82, 2.24) is 4.90 Å². The van der Waals surface area contributed by atoms with Crippen LogP contribution in [0.4, 0.5) is 0 Å². The molecule has 0 radical (unpaired) electrons. The molecule has 1 fully saturated rings. The minimum atomic E-state index is 0.197. The Morgan fingerprint density at radius 2 is 1.81 bits per heavy atom. The zero-order valence-corrected chi connectivity index (χ0v) is 13.6. The number of methoxy groups -OCH3 is 1. The molecule has 1 aromatic carbocycles. The van der Waals surface area contributed by atoms with Crippen LogP contribution < -0.4 is 4.74 Å². The van der Waals surface area contributed by atoms with Gasteiger partial charge in [0.05, 0.1) is 12.7 Å². The van der Waals surface area contributed by atoms with E-state index in [9.17, 15) is 4.79 Å². The summed E-state index contributed by atoms with van der Waals surface area (Å²) >= 11 is 0.